The van der Waals surface area contributed by atoms with Crippen molar-refractivity contribution in [2.75, 3.05) is 25.4 Å². The quantitative estimate of drug-likeness (QED) is 0.419. The summed E-state index contributed by atoms with van der Waals surface area (Å²) in [6.45, 7) is 4.30. The van der Waals surface area contributed by atoms with Crippen LogP contribution in [-0.2, 0) is 6.61 Å². The highest BCUT2D eigenvalue weighted by Crippen LogP contribution is 2.43. The first-order chi connectivity index (χ1) is 16.7. The van der Waals surface area contributed by atoms with Crippen LogP contribution in [-0.4, -0.2) is 38.9 Å². The Morgan fingerprint density at radius 3 is 2.65 bits per heavy atom. The van der Waals surface area contributed by atoms with Crippen LogP contribution in [0.5, 0.6) is 5.75 Å². The fraction of sp³-hybridized carbons (Fsp3) is 0.357. The smallest absolute Gasteiger partial charge is 0.150 e. The number of hydrogen-bond acceptors (Lipinski definition) is 5. The van der Waals surface area contributed by atoms with Gasteiger partial charge in [-0.15, -0.1) is 0 Å². The minimum atomic E-state index is 0.466. The van der Waals surface area contributed by atoms with Gasteiger partial charge in [-0.3, -0.25) is 4.40 Å². The van der Waals surface area contributed by atoms with Crippen LogP contribution in [0.2, 0.25) is 0 Å². The average Bonchev–Trinajstić information content (AvgIpc) is 3.49. The fourth-order valence-corrected chi connectivity index (χ4v) is 5.48. The molecule has 6 heteroatoms. The Kier molecular flexibility index (Phi) is 5.67. The normalized spacial score (nSPS) is 20.5. The third kappa shape index (κ3) is 4.14. The van der Waals surface area contributed by atoms with E-state index in [2.05, 4.69) is 38.6 Å². The fourth-order valence-electron chi connectivity index (χ4n) is 5.48. The maximum Gasteiger partial charge on any atom is 0.150 e. The van der Waals surface area contributed by atoms with Crippen molar-refractivity contribution in [1.82, 2.24) is 19.3 Å². The van der Waals surface area contributed by atoms with Gasteiger partial charge in [-0.25, -0.2) is 9.97 Å². The average molecular weight is 454 g/mol. The zero-order valence-corrected chi connectivity index (χ0v) is 19.4. The van der Waals surface area contributed by atoms with E-state index in [1.807, 2.05) is 36.5 Å². The largest absolute Gasteiger partial charge is 0.489 e. The molecule has 174 valence electrons. The Morgan fingerprint density at radius 2 is 1.82 bits per heavy atom. The van der Waals surface area contributed by atoms with Crippen molar-refractivity contribution in [3.8, 4) is 17.0 Å². The summed E-state index contributed by atoms with van der Waals surface area (Å²) in [5.41, 5.74) is 10.3. The molecule has 0 amide bonds. The van der Waals surface area contributed by atoms with E-state index in [1.54, 1.807) is 6.20 Å². The van der Waals surface area contributed by atoms with Gasteiger partial charge in [-0.05, 0) is 62.4 Å². The van der Waals surface area contributed by atoms with Crippen LogP contribution in [0.25, 0.3) is 16.8 Å². The summed E-state index contributed by atoms with van der Waals surface area (Å²) in [7, 11) is 0. The van der Waals surface area contributed by atoms with E-state index in [-0.39, 0.29) is 0 Å². The molecule has 6 rings (SSSR count). The lowest BCUT2D eigenvalue weighted by Gasteiger charge is -2.37. The number of likely N-dealkylation sites (tertiary alicyclic amines) is 1. The lowest BCUT2D eigenvalue weighted by atomic mass is 9.74. The number of imidazole rings is 1. The zero-order valence-electron chi connectivity index (χ0n) is 19.4. The molecule has 6 nitrogen and oxygen atoms in total. The molecular formula is C28H31N5O. The summed E-state index contributed by atoms with van der Waals surface area (Å²) in [6.07, 6.45) is 8.86. The number of benzene rings is 2. The molecule has 1 aliphatic carbocycles. The van der Waals surface area contributed by atoms with E-state index >= 15 is 0 Å². The molecule has 1 saturated heterocycles. The van der Waals surface area contributed by atoms with Crippen LogP contribution in [0.4, 0.5) is 5.82 Å². The topological polar surface area (TPSA) is 68.7 Å². The van der Waals surface area contributed by atoms with E-state index in [9.17, 15) is 0 Å². The summed E-state index contributed by atoms with van der Waals surface area (Å²) < 4.78 is 8.23. The maximum atomic E-state index is 6.37. The first-order valence-corrected chi connectivity index (χ1v) is 12.4. The molecule has 0 radical (unpaired) electrons. The first kappa shape index (κ1) is 21.2. The van der Waals surface area contributed by atoms with Gasteiger partial charge < -0.3 is 15.4 Å². The highest BCUT2D eigenvalue weighted by Gasteiger charge is 2.35. The van der Waals surface area contributed by atoms with E-state index in [4.69, 9.17) is 15.5 Å². The van der Waals surface area contributed by atoms with Crippen LogP contribution in [0.1, 0.15) is 43.0 Å². The number of hydrogen-bond donors (Lipinski definition) is 1. The number of nitrogens with zero attached hydrogens (tertiary/aromatic N) is 4. The molecule has 1 saturated carbocycles. The van der Waals surface area contributed by atoms with Crippen molar-refractivity contribution < 1.29 is 4.74 Å². The van der Waals surface area contributed by atoms with Crippen LogP contribution in [0.15, 0.2) is 67.0 Å². The summed E-state index contributed by atoms with van der Waals surface area (Å²) in [5, 5.41) is 0. The lowest BCUT2D eigenvalue weighted by molar-refractivity contribution is 0.176. The van der Waals surface area contributed by atoms with Gasteiger partial charge in [0, 0.05) is 30.4 Å². The van der Waals surface area contributed by atoms with Crippen molar-refractivity contribution in [3.05, 3.63) is 78.4 Å². The number of nitrogen functional groups attached to an aromatic ring is 1. The molecule has 1 aliphatic heterocycles. The molecule has 0 atom stereocenters. The summed E-state index contributed by atoms with van der Waals surface area (Å²) in [4.78, 5) is 12.1. The standard InChI is InChI=1S/C28H31N5O/c29-27-26-25(22-9-6-10-24(17-22)34-19-20-7-2-1-3-8-20)31-28(33(26)14-11-30-27)23-15-21(16-23)18-32-12-4-5-13-32/h1-3,6-11,14,17,21,23H,4-5,12-13,15-16,18-19H2,(H2,29,30)/t21-,23-. The minimum Gasteiger partial charge on any atom is -0.489 e. The Balaban J connectivity index is 1.25. The number of aromatic nitrogens is 3. The number of anilines is 1. The van der Waals surface area contributed by atoms with Crippen LogP contribution >= 0.6 is 0 Å². The third-order valence-electron chi connectivity index (χ3n) is 7.28. The molecule has 3 heterocycles. The van der Waals surface area contributed by atoms with Gasteiger partial charge in [-0.1, -0.05) is 42.5 Å². The molecule has 0 unspecified atom stereocenters. The van der Waals surface area contributed by atoms with Gasteiger partial charge in [-0.2, -0.15) is 0 Å². The van der Waals surface area contributed by atoms with E-state index in [0.717, 1.165) is 39.8 Å². The second-order valence-electron chi connectivity index (χ2n) is 9.69. The second kappa shape index (κ2) is 9.11. The van der Waals surface area contributed by atoms with Gasteiger partial charge in [0.05, 0.1) is 0 Å². The zero-order chi connectivity index (χ0) is 22.9. The molecule has 2 aromatic carbocycles. The van der Waals surface area contributed by atoms with E-state index in [1.165, 1.54) is 45.3 Å². The second-order valence-corrected chi connectivity index (χ2v) is 9.69. The Labute approximate surface area is 200 Å². The van der Waals surface area contributed by atoms with Gasteiger partial charge in [0.2, 0.25) is 0 Å². The maximum absolute atomic E-state index is 6.37. The monoisotopic (exact) mass is 453 g/mol. The lowest BCUT2D eigenvalue weighted by Crippen LogP contribution is -2.34. The van der Waals surface area contributed by atoms with Gasteiger partial charge in [0.15, 0.2) is 0 Å². The summed E-state index contributed by atoms with van der Waals surface area (Å²) >= 11 is 0. The van der Waals surface area contributed by atoms with E-state index in [0.29, 0.717) is 18.3 Å². The van der Waals surface area contributed by atoms with Crippen molar-refractivity contribution in [1.29, 1.82) is 0 Å². The Morgan fingerprint density at radius 1 is 1.00 bits per heavy atom. The van der Waals surface area contributed by atoms with Gasteiger partial charge in [0.1, 0.15) is 35.2 Å². The summed E-state index contributed by atoms with van der Waals surface area (Å²) in [5.74, 6) is 3.67. The highest BCUT2D eigenvalue weighted by molar-refractivity contribution is 5.85. The molecule has 2 aromatic heterocycles. The predicted molar refractivity (Wildman–Crippen MR) is 135 cm³/mol. The molecular weight excluding hydrogens is 422 g/mol. The van der Waals surface area contributed by atoms with Crippen molar-refractivity contribution in [3.63, 3.8) is 0 Å². The van der Waals surface area contributed by atoms with E-state index < -0.39 is 0 Å². The number of rotatable bonds is 7. The molecule has 4 aromatic rings. The van der Waals surface area contributed by atoms with Gasteiger partial charge >= 0.3 is 0 Å². The highest BCUT2D eigenvalue weighted by atomic mass is 16.5. The molecule has 0 bridgehead atoms. The number of fused-ring (bicyclic) bond motifs is 1. The third-order valence-corrected chi connectivity index (χ3v) is 7.28. The molecule has 2 N–H and O–H groups in total. The Bertz CT molecular complexity index is 1270. The molecule has 34 heavy (non-hydrogen) atoms. The molecule has 2 aliphatic rings. The Hall–Kier alpha value is -3.38. The van der Waals surface area contributed by atoms with Crippen molar-refractivity contribution >= 4 is 11.3 Å². The molecule has 0 spiro atoms. The summed E-state index contributed by atoms with van der Waals surface area (Å²) in [6, 6.07) is 18.3. The molecule has 2 fully saturated rings. The minimum absolute atomic E-state index is 0.466. The predicted octanol–water partition coefficient (Wildman–Crippen LogP) is 5.15. The van der Waals surface area contributed by atoms with Crippen molar-refractivity contribution in [2.24, 2.45) is 5.92 Å². The number of nitrogens with two attached hydrogens (primary N) is 1. The SMILES string of the molecule is Nc1nccn2c1c(-c1cccc(OCc3ccccc3)c1)nc2[C@H]1C[C@H](CN2CCCC2)C1. The van der Waals surface area contributed by atoms with Gasteiger partial charge in [0.25, 0.3) is 0 Å². The van der Waals surface area contributed by atoms with Crippen LogP contribution in [0.3, 0.4) is 0 Å². The first-order valence-electron chi connectivity index (χ1n) is 12.4. The van der Waals surface area contributed by atoms with Crippen LogP contribution in [0, 0.1) is 5.92 Å². The number of ether oxygens (including phenoxy) is 1. The van der Waals surface area contributed by atoms with Crippen molar-refractivity contribution in [2.45, 2.75) is 38.2 Å². The van der Waals surface area contributed by atoms with Crippen LogP contribution < -0.4 is 10.5 Å².